The van der Waals surface area contributed by atoms with Crippen LogP contribution in [-0.2, 0) is 30.9 Å². The van der Waals surface area contributed by atoms with Gasteiger partial charge in [0.25, 0.3) is 0 Å². The van der Waals surface area contributed by atoms with Gasteiger partial charge in [-0.25, -0.2) is 13.2 Å². The molecule has 0 saturated carbocycles. The number of hydrogen-bond acceptors (Lipinski definition) is 6. The molecule has 0 aliphatic carbocycles. The first-order valence-corrected chi connectivity index (χ1v) is 11.5. The number of ether oxygens (including phenoxy) is 1. The number of fused-ring (bicyclic) bond motifs is 1. The lowest BCUT2D eigenvalue weighted by Gasteiger charge is -2.30. The second-order valence-corrected chi connectivity index (χ2v) is 9.08. The third-order valence-electron chi connectivity index (χ3n) is 4.71. The Morgan fingerprint density at radius 1 is 1.15 bits per heavy atom. The Balaban J connectivity index is 0.000000479. The Morgan fingerprint density at radius 3 is 2.27 bits per heavy atom. The molecule has 1 aromatic carbocycles. The predicted molar refractivity (Wildman–Crippen MR) is 113 cm³/mol. The van der Waals surface area contributed by atoms with Gasteiger partial charge in [0, 0.05) is 43.3 Å². The maximum Gasteiger partial charge on any atom is 0.490 e. The molecule has 1 saturated heterocycles. The number of anilines is 1. The summed E-state index contributed by atoms with van der Waals surface area (Å²) in [4.78, 5) is 22.0. The smallest absolute Gasteiger partial charge is 0.480 e. The molecule has 0 bridgehead atoms. The SMILES string of the molecule is CS(=O)(=O)N(CCN1CCOCC1)c1ccc2c(ccn2CC(=O)O)c1.O=C(O)C(F)(F)F. The molecular formula is C19H24F3N3O7S. The molecule has 1 fully saturated rings. The van der Waals surface area contributed by atoms with E-state index >= 15 is 0 Å². The first-order chi connectivity index (χ1) is 15.3. The highest BCUT2D eigenvalue weighted by atomic mass is 32.2. The van der Waals surface area contributed by atoms with Crippen molar-refractivity contribution in [3.8, 4) is 0 Å². The summed E-state index contributed by atoms with van der Waals surface area (Å²) in [7, 11) is -3.43. The van der Waals surface area contributed by atoms with E-state index in [0.717, 1.165) is 24.0 Å². The highest BCUT2D eigenvalue weighted by Crippen LogP contribution is 2.25. The van der Waals surface area contributed by atoms with Crippen LogP contribution in [0.25, 0.3) is 10.9 Å². The van der Waals surface area contributed by atoms with Crippen LogP contribution < -0.4 is 4.31 Å². The van der Waals surface area contributed by atoms with Crippen molar-refractivity contribution in [3.05, 3.63) is 30.5 Å². The first kappa shape index (κ1) is 26.4. The number of sulfonamides is 1. The number of aliphatic carboxylic acids is 2. The molecular weight excluding hydrogens is 471 g/mol. The zero-order chi connectivity index (χ0) is 24.8. The van der Waals surface area contributed by atoms with Crippen molar-refractivity contribution < 1.29 is 46.1 Å². The van der Waals surface area contributed by atoms with E-state index in [1.165, 1.54) is 10.6 Å². The standard InChI is InChI=1S/C17H23N3O5S.C2HF3O2/c1-26(23,24)20(7-6-18-8-10-25-11-9-18)15-2-3-16-14(12-15)4-5-19(16)13-17(21)22;3-2(4,5)1(6)7/h2-5,12H,6-11,13H2,1H3,(H,21,22);(H,6,7). The van der Waals surface area contributed by atoms with E-state index in [9.17, 15) is 26.4 Å². The number of rotatable bonds is 7. The Kier molecular flexibility index (Phi) is 8.69. The molecule has 2 aromatic rings. The lowest BCUT2D eigenvalue weighted by molar-refractivity contribution is -0.192. The van der Waals surface area contributed by atoms with Crippen LogP contribution in [0.1, 0.15) is 0 Å². The fraction of sp³-hybridized carbons (Fsp3) is 0.474. The Morgan fingerprint density at radius 2 is 1.76 bits per heavy atom. The minimum Gasteiger partial charge on any atom is -0.480 e. The van der Waals surface area contributed by atoms with Crippen molar-refractivity contribution in [3.63, 3.8) is 0 Å². The molecule has 0 amide bonds. The molecule has 0 radical (unpaired) electrons. The van der Waals surface area contributed by atoms with E-state index < -0.39 is 28.1 Å². The number of hydrogen-bond donors (Lipinski definition) is 2. The molecule has 2 N–H and O–H groups in total. The zero-order valence-corrected chi connectivity index (χ0v) is 18.5. The van der Waals surface area contributed by atoms with E-state index in [1.54, 1.807) is 35.0 Å². The summed E-state index contributed by atoms with van der Waals surface area (Å²) in [6.07, 6.45) is -2.19. The Bertz CT molecular complexity index is 1080. The predicted octanol–water partition coefficient (Wildman–Crippen LogP) is 1.46. The van der Waals surface area contributed by atoms with E-state index in [2.05, 4.69) is 4.90 Å². The number of nitrogens with zero attached hydrogens (tertiary/aromatic N) is 3. The molecule has 184 valence electrons. The van der Waals surface area contributed by atoms with Crippen LogP contribution in [-0.4, -0.2) is 91.9 Å². The number of halogens is 3. The molecule has 0 atom stereocenters. The molecule has 2 heterocycles. The molecule has 1 aromatic heterocycles. The minimum absolute atomic E-state index is 0.129. The topological polar surface area (TPSA) is 129 Å². The highest BCUT2D eigenvalue weighted by Gasteiger charge is 2.38. The first-order valence-electron chi connectivity index (χ1n) is 9.67. The van der Waals surface area contributed by atoms with Crippen molar-refractivity contribution in [2.45, 2.75) is 12.7 Å². The van der Waals surface area contributed by atoms with Crippen LogP contribution in [0.3, 0.4) is 0 Å². The largest absolute Gasteiger partial charge is 0.490 e. The van der Waals surface area contributed by atoms with Crippen molar-refractivity contribution in [1.29, 1.82) is 0 Å². The quantitative estimate of drug-likeness (QED) is 0.591. The van der Waals surface area contributed by atoms with Gasteiger partial charge >= 0.3 is 18.1 Å². The molecule has 0 unspecified atom stereocenters. The normalized spacial score (nSPS) is 15.0. The van der Waals surface area contributed by atoms with Crippen LogP contribution in [0, 0.1) is 0 Å². The summed E-state index contributed by atoms with van der Waals surface area (Å²) >= 11 is 0. The lowest BCUT2D eigenvalue weighted by atomic mass is 10.2. The van der Waals surface area contributed by atoms with Crippen molar-refractivity contribution in [2.75, 3.05) is 50.0 Å². The second-order valence-electron chi connectivity index (χ2n) is 7.17. The number of aromatic nitrogens is 1. The van der Waals surface area contributed by atoms with Gasteiger partial charge < -0.3 is 19.5 Å². The average molecular weight is 495 g/mol. The second kappa shape index (κ2) is 10.9. The lowest BCUT2D eigenvalue weighted by Crippen LogP contribution is -2.43. The average Bonchev–Trinajstić information content (AvgIpc) is 3.09. The van der Waals surface area contributed by atoms with Crippen LogP contribution in [0.2, 0.25) is 0 Å². The fourth-order valence-electron chi connectivity index (χ4n) is 3.17. The van der Waals surface area contributed by atoms with Crippen LogP contribution in [0.5, 0.6) is 0 Å². The van der Waals surface area contributed by atoms with Crippen LogP contribution in [0.15, 0.2) is 30.5 Å². The number of carboxylic acids is 2. The van der Waals surface area contributed by atoms with Gasteiger partial charge in [-0.3, -0.25) is 14.0 Å². The third kappa shape index (κ3) is 7.91. The highest BCUT2D eigenvalue weighted by molar-refractivity contribution is 7.92. The van der Waals surface area contributed by atoms with Gasteiger partial charge in [0.2, 0.25) is 10.0 Å². The summed E-state index contributed by atoms with van der Waals surface area (Å²) in [5.74, 6) is -3.68. The van der Waals surface area contributed by atoms with Gasteiger partial charge in [0.05, 0.1) is 25.2 Å². The molecule has 14 heteroatoms. The summed E-state index contributed by atoms with van der Waals surface area (Å²) in [5.41, 5.74) is 1.35. The summed E-state index contributed by atoms with van der Waals surface area (Å²) in [6.45, 7) is 3.80. The third-order valence-corrected chi connectivity index (χ3v) is 5.91. The van der Waals surface area contributed by atoms with Gasteiger partial charge in [-0.2, -0.15) is 13.2 Å². The number of morpholine rings is 1. The maximum atomic E-state index is 12.3. The van der Waals surface area contributed by atoms with Gasteiger partial charge in [-0.05, 0) is 24.3 Å². The van der Waals surface area contributed by atoms with Gasteiger partial charge in [0.1, 0.15) is 6.54 Å². The van der Waals surface area contributed by atoms with Crippen molar-refractivity contribution in [2.24, 2.45) is 0 Å². The molecule has 10 nitrogen and oxygen atoms in total. The summed E-state index contributed by atoms with van der Waals surface area (Å²) in [5, 5.41) is 16.9. The van der Waals surface area contributed by atoms with E-state index in [-0.39, 0.29) is 6.54 Å². The van der Waals surface area contributed by atoms with Crippen LogP contribution >= 0.6 is 0 Å². The number of benzene rings is 1. The number of alkyl halides is 3. The van der Waals surface area contributed by atoms with Crippen LogP contribution in [0.4, 0.5) is 18.9 Å². The molecule has 0 spiro atoms. The number of carbonyl (C=O) groups is 2. The fourth-order valence-corrected chi connectivity index (χ4v) is 4.08. The maximum absolute atomic E-state index is 12.3. The summed E-state index contributed by atoms with van der Waals surface area (Å²) < 4.78 is 64.7. The Hall–Kier alpha value is -2.84. The van der Waals surface area contributed by atoms with E-state index in [4.69, 9.17) is 19.7 Å². The molecule has 1 aliphatic rings. The van der Waals surface area contributed by atoms with Gasteiger partial charge in [-0.1, -0.05) is 0 Å². The monoisotopic (exact) mass is 495 g/mol. The van der Waals surface area contributed by atoms with Gasteiger partial charge in [0.15, 0.2) is 0 Å². The van der Waals surface area contributed by atoms with E-state index in [0.29, 0.717) is 32.0 Å². The summed E-state index contributed by atoms with van der Waals surface area (Å²) in [6, 6.07) is 7.07. The van der Waals surface area contributed by atoms with Crippen molar-refractivity contribution in [1.82, 2.24) is 9.47 Å². The Labute approximate surface area is 187 Å². The minimum atomic E-state index is -5.08. The van der Waals surface area contributed by atoms with Gasteiger partial charge in [-0.15, -0.1) is 0 Å². The molecule has 33 heavy (non-hydrogen) atoms. The van der Waals surface area contributed by atoms with Crippen molar-refractivity contribution >= 4 is 38.6 Å². The number of carboxylic acid groups (broad SMARTS) is 2. The molecule has 1 aliphatic heterocycles. The molecule has 3 rings (SSSR count). The van der Waals surface area contributed by atoms with E-state index in [1.807, 2.05) is 0 Å². The zero-order valence-electron chi connectivity index (χ0n) is 17.7.